The summed E-state index contributed by atoms with van der Waals surface area (Å²) in [4.78, 5) is 3.59. The average Bonchev–Trinajstić information content (AvgIpc) is 3.54. The van der Waals surface area contributed by atoms with Crippen molar-refractivity contribution in [3.8, 4) is 44.5 Å². The van der Waals surface area contributed by atoms with Crippen LogP contribution in [0.4, 0.5) is 34.1 Å². The fourth-order valence-corrected chi connectivity index (χ4v) is 9.78. The molecule has 334 valence electrons. The summed E-state index contributed by atoms with van der Waals surface area (Å²) in [6.45, 7) is 8.15. The van der Waals surface area contributed by atoms with Gasteiger partial charge in [-0.05, 0) is 166 Å². The number of para-hydroxylation sites is 2. The van der Waals surface area contributed by atoms with Gasteiger partial charge in [-0.15, -0.1) is 0 Å². The minimum absolute atomic E-state index is 0.0205. The van der Waals surface area contributed by atoms with Gasteiger partial charge in [-0.3, -0.25) is 0 Å². The van der Waals surface area contributed by atoms with Crippen LogP contribution in [0.15, 0.2) is 242 Å². The molecule has 0 aliphatic heterocycles. The average molecular weight is 907 g/mol. The van der Waals surface area contributed by atoms with Crippen LogP contribution in [-0.2, 0) is 0 Å². The first-order chi connectivity index (χ1) is 38.4. The van der Waals surface area contributed by atoms with E-state index in [4.69, 9.17) is 8.22 Å². The first-order valence-corrected chi connectivity index (χ1v) is 23.5. The van der Waals surface area contributed by atoms with E-state index in [1.165, 1.54) is 0 Å². The van der Waals surface area contributed by atoms with Gasteiger partial charge in [0.1, 0.15) is 0 Å². The van der Waals surface area contributed by atoms with E-state index in [9.17, 15) is 5.48 Å². The SMILES string of the molecule is [2H]c1c([2H])c([2H])c(N(c2cc(-c3ccc(C)cc3)cc(-c3ccc(C)cc3)c2)c2ccc3ccc4c(N(c5cc(-c6ccc(C)cc6)cc(-c6ccc(C)cc6)c5)c5c([2H])c([2H])c([2H])c([2H])c5[2H])ccc5ccc2c3c54)c([2H])c1[2H]. The maximum atomic E-state index is 9.55. The number of benzene rings is 12. The Labute approximate surface area is 425 Å². The minimum atomic E-state index is -0.501. The van der Waals surface area contributed by atoms with E-state index in [-0.39, 0.29) is 35.5 Å². The predicted molar refractivity (Wildman–Crippen MR) is 300 cm³/mol. The molecule has 2 nitrogen and oxygen atoms in total. The van der Waals surface area contributed by atoms with Gasteiger partial charge >= 0.3 is 0 Å². The van der Waals surface area contributed by atoms with E-state index in [1.54, 1.807) is 9.80 Å². The lowest BCUT2D eigenvalue weighted by Crippen LogP contribution is -2.12. The molecule has 0 amide bonds. The Morgan fingerprint density at radius 3 is 0.857 bits per heavy atom. The summed E-state index contributed by atoms with van der Waals surface area (Å²) in [5.74, 6) is 0. The highest BCUT2D eigenvalue weighted by Gasteiger charge is 2.23. The van der Waals surface area contributed by atoms with Crippen molar-refractivity contribution in [2.45, 2.75) is 27.7 Å². The Balaban J connectivity index is 1.16. The summed E-state index contributed by atoms with van der Waals surface area (Å²) in [5, 5.41) is 4.82. The molecular formula is C68H52N2. The van der Waals surface area contributed by atoms with Gasteiger partial charge in [0.05, 0.1) is 25.1 Å². The molecule has 2 heteroatoms. The third-order valence-corrected chi connectivity index (χ3v) is 13.4. The van der Waals surface area contributed by atoms with Crippen LogP contribution in [-0.4, -0.2) is 0 Å². The molecule has 0 atom stereocenters. The van der Waals surface area contributed by atoms with Gasteiger partial charge in [0.25, 0.3) is 0 Å². The highest BCUT2D eigenvalue weighted by atomic mass is 15.1. The third-order valence-electron chi connectivity index (χ3n) is 13.4. The number of hydrogen-bond acceptors (Lipinski definition) is 2. The number of nitrogens with zero attached hydrogens (tertiary/aromatic N) is 2. The predicted octanol–water partition coefficient (Wildman–Crippen LogP) is 19.4. The molecule has 0 bridgehead atoms. The summed E-state index contributed by atoms with van der Waals surface area (Å²) in [7, 11) is 0. The van der Waals surface area contributed by atoms with Gasteiger partial charge in [0.15, 0.2) is 0 Å². The van der Waals surface area contributed by atoms with Crippen LogP contribution in [0.3, 0.4) is 0 Å². The van der Waals surface area contributed by atoms with Crippen molar-refractivity contribution < 1.29 is 13.7 Å². The fourth-order valence-electron chi connectivity index (χ4n) is 9.78. The summed E-state index contributed by atoms with van der Waals surface area (Å²) in [6, 6.07) is 56.8. The molecule has 0 N–H and O–H groups in total. The lowest BCUT2D eigenvalue weighted by molar-refractivity contribution is 1.30. The zero-order valence-corrected chi connectivity index (χ0v) is 39.2. The quantitative estimate of drug-likeness (QED) is 0.126. The smallest absolute Gasteiger partial charge is 0.0645 e. The highest BCUT2D eigenvalue weighted by Crippen LogP contribution is 2.49. The lowest BCUT2D eigenvalue weighted by atomic mass is 9.91. The molecule has 0 aromatic heterocycles. The second kappa shape index (κ2) is 17.7. The largest absolute Gasteiger partial charge is 0.310 e. The Kier molecular flexibility index (Phi) is 8.33. The molecule has 0 aliphatic carbocycles. The van der Waals surface area contributed by atoms with E-state index >= 15 is 0 Å². The van der Waals surface area contributed by atoms with Gasteiger partial charge < -0.3 is 9.80 Å². The second-order valence-corrected chi connectivity index (χ2v) is 18.2. The van der Waals surface area contributed by atoms with Gasteiger partial charge in [0, 0.05) is 33.5 Å². The Hall–Kier alpha value is -8.72. The van der Waals surface area contributed by atoms with Crippen LogP contribution < -0.4 is 9.80 Å². The van der Waals surface area contributed by atoms with Crippen LogP contribution in [0.1, 0.15) is 36.0 Å². The molecular weight excluding hydrogens is 845 g/mol. The zero-order valence-electron chi connectivity index (χ0n) is 49.2. The normalized spacial score (nSPS) is 13.4. The molecule has 0 unspecified atom stereocenters. The molecule has 0 heterocycles. The third kappa shape index (κ3) is 7.94. The van der Waals surface area contributed by atoms with Crippen molar-refractivity contribution in [3.63, 3.8) is 0 Å². The zero-order chi connectivity index (χ0) is 56.0. The molecule has 70 heavy (non-hydrogen) atoms. The maximum absolute atomic E-state index is 9.55. The Bertz CT molecular complexity index is 3970. The van der Waals surface area contributed by atoms with E-state index < -0.39 is 36.3 Å². The van der Waals surface area contributed by atoms with Gasteiger partial charge in [0.2, 0.25) is 0 Å². The Morgan fingerprint density at radius 2 is 0.557 bits per heavy atom. The van der Waals surface area contributed by atoms with Crippen molar-refractivity contribution in [1.29, 1.82) is 0 Å². The summed E-state index contributed by atoms with van der Waals surface area (Å²) in [6.07, 6.45) is 0. The van der Waals surface area contributed by atoms with Gasteiger partial charge in [-0.2, -0.15) is 0 Å². The summed E-state index contributed by atoms with van der Waals surface area (Å²) < 4.78 is 91.5. The Morgan fingerprint density at radius 1 is 0.271 bits per heavy atom. The number of aryl methyl sites for hydroxylation is 4. The first-order valence-electron chi connectivity index (χ1n) is 28.5. The molecule has 0 fully saturated rings. The standard InChI is InChI=1S/C68H52N2/c1-45-15-23-49(24-16-45)55-39-56(50-25-17-46(2)18-26-50)42-61(41-55)69(59-11-7-5-8-12-59)65-37-33-53-32-36-64-66(38-34-54-31-35-63(65)67(53)68(54)64)70(60-13-9-6-10-14-60)62-43-57(51-27-19-47(3)20-28-51)40-58(44-62)52-29-21-48(4)22-30-52/h5-44H,1-4H3/i5D,6D,7D,8D,9D,10D,11D,12D,13D,14D. The topological polar surface area (TPSA) is 6.48 Å². The van der Waals surface area contributed by atoms with Crippen molar-refractivity contribution >= 4 is 66.4 Å². The maximum Gasteiger partial charge on any atom is 0.0645 e. The van der Waals surface area contributed by atoms with Crippen molar-refractivity contribution in [3.05, 3.63) is 265 Å². The fraction of sp³-hybridized carbons (Fsp3) is 0.0588. The molecule has 0 radical (unpaired) electrons. The molecule has 0 saturated carbocycles. The molecule has 12 aromatic carbocycles. The lowest BCUT2D eigenvalue weighted by Gasteiger charge is -2.30. The van der Waals surface area contributed by atoms with E-state index in [0.29, 0.717) is 22.7 Å². The molecule has 0 spiro atoms. The van der Waals surface area contributed by atoms with Crippen molar-refractivity contribution in [1.82, 2.24) is 0 Å². The molecule has 12 rings (SSSR count). The highest BCUT2D eigenvalue weighted by molar-refractivity contribution is 6.28. The molecule has 12 aromatic rings. The van der Waals surface area contributed by atoms with E-state index in [1.807, 2.05) is 100 Å². The number of anilines is 6. The second-order valence-electron chi connectivity index (χ2n) is 18.2. The van der Waals surface area contributed by atoms with Crippen LogP contribution in [0, 0.1) is 27.7 Å². The van der Waals surface area contributed by atoms with Crippen LogP contribution in [0.2, 0.25) is 0 Å². The van der Waals surface area contributed by atoms with Gasteiger partial charge in [-0.1, -0.05) is 192 Å². The van der Waals surface area contributed by atoms with Crippen LogP contribution in [0.5, 0.6) is 0 Å². The van der Waals surface area contributed by atoms with E-state index in [2.05, 4.69) is 109 Å². The summed E-state index contributed by atoms with van der Waals surface area (Å²) >= 11 is 0. The monoisotopic (exact) mass is 906 g/mol. The number of hydrogen-bond donors (Lipinski definition) is 0. The van der Waals surface area contributed by atoms with Crippen LogP contribution in [0.25, 0.3) is 76.8 Å². The van der Waals surface area contributed by atoms with Gasteiger partial charge in [-0.25, -0.2) is 0 Å². The summed E-state index contributed by atoms with van der Waals surface area (Å²) in [5.41, 5.74) is 13.8. The molecule has 0 aliphatic rings. The van der Waals surface area contributed by atoms with Crippen LogP contribution >= 0.6 is 0 Å². The van der Waals surface area contributed by atoms with Crippen molar-refractivity contribution in [2.75, 3.05) is 9.80 Å². The first kappa shape index (κ1) is 32.9. The molecule has 0 saturated heterocycles. The number of rotatable bonds is 10. The minimum Gasteiger partial charge on any atom is -0.310 e. The van der Waals surface area contributed by atoms with Crippen molar-refractivity contribution in [2.24, 2.45) is 0 Å². The van der Waals surface area contributed by atoms with E-state index in [0.717, 1.165) is 99.1 Å².